The lowest BCUT2D eigenvalue weighted by Crippen LogP contribution is -2.02. The van der Waals surface area contributed by atoms with Gasteiger partial charge in [0.2, 0.25) is 0 Å². The fourth-order valence-corrected chi connectivity index (χ4v) is 2.74. The lowest BCUT2D eigenvalue weighted by molar-refractivity contribution is 0.482. The molecule has 0 fully saturated rings. The van der Waals surface area contributed by atoms with Gasteiger partial charge in [-0.2, -0.15) is 8.42 Å². The molecule has 0 unspecified atom stereocenters. The molecule has 0 aliphatic heterocycles. The molecule has 2 rings (SSSR count). The smallest absolute Gasteiger partial charge is 0.294 e. The molecule has 2 aromatic rings. The largest absolute Gasteiger partial charge is 0.333 e. The Balaban J connectivity index is 0. The van der Waals surface area contributed by atoms with Crippen molar-refractivity contribution in [3.8, 4) is 0 Å². The average molecular weight is 366 g/mol. The van der Waals surface area contributed by atoms with E-state index in [0.29, 0.717) is 12.0 Å². The Morgan fingerprint density at radius 1 is 0.960 bits per heavy atom. The molecule has 0 saturated heterocycles. The maximum Gasteiger partial charge on any atom is 0.294 e. The molecule has 4 nitrogen and oxygen atoms in total. The van der Waals surface area contributed by atoms with Gasteiger partial charge in [0, 0.05) is 0 Å². The zero-order valence-electron chi connectivity index (χ0n) is 15.9. The molecule has 0 amide bonds. The van der Waals surface area contributed by atoms with Crippen molar-refractivity contribution in [2.45, 2.75) is 39.0 Å². The van der Waals surface area contributed by atoms with Gasteiger partial charge in [-0.15, -0.1) is 13.2 Å². The molecule has 0 bridgehead atoms. The van der Waals surface area contributed by atoms with Crippen LogP contribution in [-0.4, -0.2) is 20.0 Å². The van der Waals surface area contributed by atoms with Crippen LogP contribution in [0, 0.1) is 20.8 Å². The molecule has 0 aliphatic carbocycles. The van der Waals surface area contributed by atoms with Crippen molar-refractivity contribution in [2.24, 2.45) is 5.73 Å². The van der Waals surface area contributed by atoms with Crippen LogP contribution in [0.25, 0.3) is 0 Å². The molecular formula is C20H31NO3S. The van der Waals surface area contributed by atoms with Crippen molar-refractivity contribution in [1.82, 2.24) is 0 Å². The summed E-state index contributed by atoms with van der Waals surface area (Å²) in [4.78, 5) is 0.0231. The topological polar surface area (TPSA) is 80.4 Å². The Morgan fingerprint density at radius 2 is 1.40 bits per heavy atom. The van der Waals surface area contributed by atoms with Crippen molar-refractivity contribution in [2.75, 3.05) is 7.05 Å². The predicted octanol–water partition coefficient (Wildman–Crippen LogP) is 4.48. The molecule has 0 atom stereocenters. The molecule has 0 spiro atoms. The third-order valence-corrected chi connectivity index (χ3v) is 4.24. The van der Waals surface area contributed by atoms with E-state index in [1.54, 1.807) is 13.0 Å². The van der Waals surface area contributed by atoms with Crippen molar-refractivity contribution < 1.29 is 13.0 Å². The first kappa shape index (κ1) is 25.3. The summed E-state index contributed by atoms with van der Waals surface area (Å²) in [5, 5.41) is 0. The summed E-state index contributed by atoms with van der Waals surface area (Å²) in [5.41, 5.74) is 8.71. The van der Waals surface area contributed by atoms with E-state index in [2.05, 4.69) is 57.0 Å². The van der Waals surface area contributed by atoms with Gasteiger partial charge in [0.25, 0.3) is 10.1 Å². The summed E-state index contributed by atoms with van der Waals surface area (Å²) in [6, 6.07) is 13.4. The van der Waals surface area contributed by atoms with Gasteiger partial charge in [-0.25, -0.2) is 0 Å². The van der Waals surface area contributed by atoms with Gasteiger partial charge in [0.1, 0.15) is 0 Å². The van der Waals surface area contributed by atoms with E-state index >= 15 is 0 Å². The quantitative estimate of drug-likeness (QED) is 0.607. The number of rotatable bonds is 2. The van der Waals surface area contributed by atoms with Crippen molar-refractivity contribution >= 4 is 10.1 Å². The lowest BCUT2D eigenvalue weighted by Gasteiger charge is -2.05. The zero-order valence-corrected chi connectivity index (χ0v) is 16.7. The molecular weight excluding hydrogens is 334 g/mol. The Hall–Kier alpha value is -1.95. The maximum absolute atomic E-state index is 10.9. The summed E-state index contributed by atoms with van der Waals surface area (Å²) in [7, 11) is -2.57. The van der Waals surface area contributed by atoms with Gasteiger partial charge in [-0.3, -0.25) is 4.55 Å². The lowest BCUT2D eigenvalue weighted by atomic mass is 10.1. The normalized spacial score (nSPS) is 9.40. The third-order valence-electron chi connectivity index (χ3n) is 3.31. The van der Waals surface area contributed by atoms with Gasteiger partial charge in [-0.05, 0) is 62.6 Å². The molecule has 2 aromatic carbocycles. The highest BCUT2D eigenvalue weighted by molar-refractivity contribution is 7.85. The van der Waals surface area contributed by atoms with Crippen LogP contribution < -0.4 is 5.73 Å². The molecule has 0 radical (unpaired) electrons. The van der Waals surface area contributed by atoms with Crippen LogP contribution in [-0.2, 0) is 16.5 Å². The van der Waals surface area contributed by atoms with E-state index in [1.165, 1.54) is 24.2 Å². The summed E-state index contributed by atoms with van der Waals surface area (Å²) in [5.74, 6) is 0. The van der Waals surface area contributed by atoms with Crippen molar-refractivity contribution in [3.63, 3.8) is 0 Å². The summed E-state index contributed by atoms with van der Waals surface area (Å²) in [6.07, 6.45) is 0.593. The van der Waals surface area contributed by atoms with Gasteiger partial charge >= 0.3 is 0 Å². The summed E-state index contributed by atoms with van der Waals surface area (Å²) < 4.78 is 30.7. The first-order valence-electron chi connectivity index (χ1n) is 7.92. The first-order valence-corrected chi connectivity index (χ1v) is 9.36. The van der Waals surface area contributed by atoms with E-state index in [0.717, 1.165) is 5.56 Å². The molecule has 140 valence electrons. The molecule has 5 heteroatoms. The molecule has 0 aliphatic rings. The van der Waals surface area contributed by atoms with Gasteiger partial charge < -0.3 is 5.73 Å². The van der Waals surface area contributed by atoms with Crippen LogP contribution in [0.2, 0.25) is 0 Å². The zero-order chi connectivity index (χ0) is 20.0. The second-order valence-corrected chi connectivity index (χ2v) is 6.41. The molecule has 3 N–H and O–H groups in total. The minimum absolute atomic E-state index is 0.0231. The van der Waals surface area contributed by atoms with Crippen LogP contribution in [0.1, 0.15) is 29.2 Å². The number of benzene rings is 2. The monoisotopic (exact) mass is 365 g/mol. The molecule has 0 aromatic heterocycles. The summed E-state index contributed by atoms with van der Waals surface area (Å²) in [6.45, 7) is 13.9. The highest BCUT2D eigenvalue weighted by atomic mass is 32.2. The summed E-state index contributed by atoms with van der Waals surface area (Å²) >= 11 is 0. The minimum Gasteiger partial charge on any atom is -0.333 e. The Kier molecular flexibility index (Phi) is 13.5. The third kappa shape index (κ3) is 9.82. The van der Waals surface area contributed by atoms with Gasteiger partial charge in [0.05, 0.1) is 4.90 Å². The second-order valence-electron chi connectivity index (χ2n) is 5.02. The SMILES string of the molecule is C=C.CCc1ccc(C)cc1S(=O)(=O)O.CN.Cc1ccccc1C. The predicted molar refractivity (Wildman–Crippen MR) is 108 cm³/mol. The van der Waals surface area contributed by atoms with E-state index in [1.807, 2.05) is 13.0 Å². The Labute approximate surface area is 153 Å². The van der Waals surface area contributed by atoms with Crippen LogP contribution in [0.4, 0.5) is 0 Å². The number of nitrogens with two attached hydrogens (primary N) is 1. The molecule has 0 heterocycles. The Morgan fingerprint density at radius 3 is 1.72 bits per heavy atom. The standard InChI is InChI=1S/C9H12O3S.C8H10.C2H4.CH5N/c1-3-8-5-4-7(2)6-9(8)13(10,11)12;1-7-5-3-4-6-8(7)2;2*1-2/h4-6H,3H2,1-2H3,(H,10,11,12);3-6H,1-2H3;1-2H2;2H2,1H3. The number of aryl methyl sites for hydroxylation is 4. The van der Waals surface area contributed by atoms with Crippen LogP contribution >= 0.6 is 0 Å². The minimum atomic E-state index is -4.07. The second kappa shape index (κ2) is 13.4. The Bertz CT molecular complexity index is 704. The van der Waals surface area contributed by atoms with E-state index in [-0.39, 0.29) is 4.90 Å². The van der Waals surface area contributed by atoms with E-state index in [9.17, 15) is 8.42 Å². The molecule has 25 heavy (non-hydrogen) atoms. The molecule has 0 saturated carbocycles. The maximum atomic E-state index is 10.9. The fourth-order valence-electron chi connectivity index (χ4n) is 1.86. The average Bonchev–Trinajstić information content (AvgIpc) is 2.61. The van der Waals surface area contributed by atoms with Crippen LogP contribution in [0.5, 0.6) is 0 Å². The highest BCUT2D eigenvalue weighted by Gasteiger charge is 2.13. The van der Waals surface area contributed by atoms with Crippen LogP contribution in [0.3, 0.4) is 0 Å². The number of hydrogen-bond donors (Lipinski definition) is 2. The van der Waals surface area contributed by atoms with E-state index in [4.69, 9.17) is 4.55 Å². The van der Waals surface area contributed by atoms with Gasteiger partial charge in [0.15, 0.2) is 0 Å². The van der Waals surface area contributed by atoms with Gasteiger partial charge in [-0.1, -0.05) is 43.3 Å². The van der Waals surface area contributed by atoms with E-state index < -0.39 is 10.1 Å². The van der Waals surface area contributed by atoms with Crippen molar-refractivity contribution in [3.05, 3.63) is 77.9 Å². The number of hydrogen-bond acceptors (Lipinski definition) is 3. The van der Waals surface area contributed by atoms with Crippen molar-refractivity contribution in [1.29, 1.82) is 0 Å². The first-order chi connectivity index (χ1) is 11.8. The highest BCUT2D eigenvalue weighted by Crippen LogP contribution is 2.17. The fraction of sp³-hybridized carbons (Fsp3) is 0.300. The van der Waals surface area contributed by atoms with Crippen LogP contribution in [0.15, 0.2) is 60.5 Å².